The van der Waals surface area contributed by atoms with Crippen molar-refractivity contribution < 1.29 is 17.6 Å². The first-order valence-electron chi connectivity index (χ1n) is 7.86. The fourth-order valence-electron chi connectivity index (χ4n) is 2.54. The molecule has 1 amide bonds. The number of halogens is 2. The zero-order chi connectivity index (χ0) is 18.7. The molecule has 140 valence electrons. The number of H-pyrrole nitrogens is 1. The van der Waals surface area contributed by atoms with Crippen molar-refractivity contribution in [2.75, 3.05) is 24.6 Å². The summed E-state index contributed by atoms with van der Waals surface area (Å²) < 4.78 is 40.6. The zero-order valence-corrected chi connectivity index (χ0v) is 16.9. The van der Waals surface area contributed by atoms with E-state index in [1.807, 2.05) is 0 Å². The standard InChI is InChI=1S/C16H17BrFN3O3S2/c17-14-2-1-12(18)7-11(14)9-20-16(22)15-8-13(10-19-15)26(23,24)21-3-5-25-6-4-21/h1-2,7-8,10,19H,3-6,9H2,(H,20,22). The summed E-state index contributed by atoms with van der Waals surface area (Å²) in [6.07, 6.45) is 1.32. The summed E-state index contributed by atoms with van der Waals surface area (Å²) in [4.78, 5) is 15.0. The van der Waals surface area contributed by atoms with Crippen molar-refractivity contribution in [2.24, 2.45) is 0 Å². The number of sulfonamides is 1. The van der Waals surface area contributed by atoms with Gasteiger partial charge in [0.2, 0.25) is 10.0 Å². The first-order valence-corrected chi connectivity index (χ1v) is 11.2. The molecule has 1 aromatic heterocycles. The van der Waals surface area contributed by atoms with Gasteiger partial charge in [0.25, 0.3) is 5.91 Å². The minimum absolute atomic E-state index is 0.0708. The fraction of sp³-hybridized carbons (Fsp3) is 0.312. The molecule has 1 aliphatic rings. The van der Waals surface area contributed by atoms with Gasteiger partial charge in [-0.3, -0.25) is 4.79 Å². The van der Waals surface area contributed by atoms with E-state index in [9.17, 15) is 17.6 Å². The van der Waals surface area contributed by atoms with Crippen molar-refractivity contribution in [3.63, 3.8) is 0 Å². The lowest BCUT2D eigenvalue weighted by molar-refractivity contribution is 0.0946. The minimum atomic E-state index is -3.60. The number of hydrogen-bond donors (Lipinski definition) is 2. The van der Waals surface area contributed by atoms with Crippen LogP contribution in [0.1, 0.15) is 16.1 Å². The minimum Gasteiger partial charge on any atom is -0.356 e. The van der Waals surface area contributed by atoms with Gasteiger partial charge in [-0.2, -0.15) is 16.1 Å². The molecule has 0 aliphatic carbocycles. The fourth-order valence-corrected chi connectivity index (χ4v) is 5.50. The Morgan fingerprint density at radius 2 is 2.04 bits per heavy atom. The summed E-state index contributed by atoms with van der Waals surface area (Å²) in [5.41, 5.74) is 0.728. The van der Waals surface area contributed by atoms with E-state index in [1.165, 1.54) is 28.7 Å². The highest BCUT2D eigenvalue weighted by molar-refractivity contribution is 9.10. The van der Waals surface area contributed by atoms with Crippen molar-refractivity contribution in [1.29, 1.82) is 0 Å². The third-order valence-electron chi connectivity index (χ3n) is 3.96. The number of nitrogens with zero attached hydrogens (tertiary/aromatic N) is 1. The Morgan fingerprint density at radius 1 is 1.31 bits per heavy atom. The number of thioether (sulfide) groups is 1. The molecule has 1 fully saturated rings. The molecule has 1 aromatic carbocycles. The van der Waals surface area contributed by atoms with Crippen LogP contribution in [0.3, 0.4) is 0 Å². The number of aromatic amines is 1. The summed E-state index contributed by atoms with van der Waals surface area (Å²) >= 11 is 5.02. The third-order valence-corrected chi connectivity index (χ3v) is 7.55. The lowest BCUT2D eigenvalue weighted by Gasteiger charge is -2.24. The maximum Gasteiger partial charge on any atom is 0.268 e. The number of nitrogens with one attached hydrogen (secondary N) is 2. The second-order valence-electron chi connectivity index (χ2n) is 5.68. The van der Waals surface area contributed by atoms with E-state index < -0.39 is 21.7 Å². The molecule has 1 saturated heterocycles. The average molecular weight is 462 g/mol. The van der Waals surface area contributed by atoms with Crippen molar-refractivity contribution >= 4 is 43.6 Å². The normalized spacial score (nSPS) is 15.8. The molecule has 3 rings (SSSR count). The number of aromatic nitrogens is 1. The Labute approximate surface area is 163 Å². The lowest BCUT2D eigenvalue weighted by atomic mass is 10.2. The van der Waals surface area contributed by atoms with Gasteiger partial charge in [0.05, 0.1) is 0 Å². The molecule has 0 spiro atoms. The molecule has 2 heterocycles. The summed E-state index contributed by atoms with van der Waals surface area (Å²) in [5, 5.41) is 2.65. The maximum atomic E-state index is 13.3. The molecule has 0 unspecified atom stereocenters. The predicted octanol–water partition coefficient (Wildman–Crippen LogP) is 2.58. The molecule has 2 N–H and O–H groups in total. The van der Waals surface area contributed by atoms with E-state index in [0.29, 0.717) is 23.1 Å². The first-order chi connectivity index (χ1) is 12.4. The Bertz CT molecular complexity index is 911. The van der Waals surface area contributed by atoms with Crippen LogP contribution >= 0.6 is 27.7 Å². The van der Waals surface area contributed by atoms with Crippen LogP contribution in [0.15, 0.2) is 39.8 Å². The van der Waals surface area contributed by atoms with Gasteiger partial charge in [-0.15, -0.1) is 0 Å². The van der Waals surface area contributed by atoms with Gasteiger partial charge in [-0.1, -0.05) is 15.9 Å². The van der Waals surface area contributed by atoms with Crippen LogP contribution in [-0.2, 0) is 16.6 Å². The van der Waals surface area contributed by atoms with Crippen LogP contribution in [0.2, 0.25) is 0 Å². The van der Waals surface area contributed by atoms with Gasteiger partial charge in [0, 0.05) is 41.8 Å². The number of benzene rings is 1. The van der Waals surface area contributed by atoms with Gasteiger partial charge in [-0.25, -0.2) is 12.8 Å². The molecular formula is C16H17BrFN3O3S2. The van der Waals surface area contributed by atoms with Crippen LogP contribution in [0.5, 0.6) is 0 Å². The highest BCUT2D eigenvalue weighted by atomic mass is 79.9. The molecule has 2 aromatic rings. The topological polar surface area (TPSA) is 82.3 Å². The largest absolute Gasteiger partial charge is 0.356 e. The lowest BCUT2D eigenvalue weighted by Crippen LogP contribution is -2.37. The molecule has 1 aliphatic heterocycles. The van der Waals surface area contributed by atoms with Crippen LogP contribution in [0.25, 0.3) is 0 Å². The van der Waals surface area contributed by atoms with Crippen molar-refractivity contribution in [3.05, 3.63) is 52.0 Å². The molecule has 26 heavy (non-hydrogen) atoms. The van der Waals surface area contributed by atoms with E-state index in [1.54, 1.807) is 17.8 Å². The second kappa shape index (κ2) is 8.12. The summed E-state index contributed by atoms with van der Waals surface area (Å²) in [6.45, 7) is 1.04. The molecule has 0 atom stereocenters. The number of amides is 1. The maximum absolute atomic E-state index is 13.3. The monoisotopic (exact) mass is 461 g/mol. The number of rotatable bonds is 5. The van der Waals surface area contributed by atoms with Crippen molar-refractivity contribution in [2.45, 2.75) is 11.4 Å². The van der Waals surface area contributed by atoms with Crippen LogP contribution in [0.4, 0.5) is 4.39 Å². The number of hydrogen-bond acceptors (Lipinski definition) is 4. The Hall–Kier alpha value is -1.36. The smallest absolute Gasteiger partial charge is 0.268 e. The Balaban J connectivity index is 1.69. The predicted molar refractivity (Wildman–Crippen MR) is 102 cm³/mol. The van der Waals surface area contributed by atoms with E-state index in [0.717, 1.165) is 11.5 Å². The van der Waals surface area contributed by atoms with Gasteiger partial charge in [-0.05, 0) is 29.8 Å². The number of carbonyl (C=O) groups excluding carboxylic acids is 1. The second-order valence-corrected chi connectivity index (χ2v) is 9.70. The van der Waals surface area contributed by atoms with Gasteiger partial charge < -0.3 is 10.3 Å². The molecule has 0 radical (unpaired) electrons. The highest BCUT2D eigenvalue weighted by Gasteiger charge is 2.27. The van der Waals surface area contributed by atoms with Gasteiger partial charge in [0.1, 0.15) is 16.4 Å². The SMILES string of the molecule is O=C(NCc1cc(F)ccc1Br)c1cc(S(=O)(=O)N2CCSCC2)c[nH]1. The van der Waals surface area contributed by atoms with Crippen molar-refractivity contribution in [3.8, 4) is 0 Å². The Kier molecular flexibility index (Phi) is 6.06. The number of carbonyl (C=O) groups is 1. The van der Waals surface area contributed by atoms with Crippen LogP contribution in [0, 0.1) is 5.82 Å². The third kappa shape index (κ3) is 4.30. The zero-order valence-electron chi connectivity index (χ0n) is 13.7. The van der Waals surface area contributed by atoms with Crippen LogP contribution < -0.4 is 5.32 Å². The molecule has 10 heteroatoms. The molecular weight excluding hydrogens is 445 g/mol. The van der Waals surface area contributed by atoms with Gasteiger partial charge >= 0.3 is 0 Å². The molecule has 0 saturated carbocycles. The quantitative estimate of drug-likeness (QED) is 0.716. The molecule has 0 bridgehead atoms. The molecule has 6 nitrogen and oxygen atoms in total. The van der Waals surface area contributed by atoms with Crippen molar-refractivity contribution in [1.82, 2.24) is 14.6 Å². The van der Waals surface area contributed by atoms with E-state index in [2.05, 4.69) is 26.2 Å². The van der Waals surface area contributed by atoms with E-state index in [4.69, 9.17) is 0 Å². The summed E-state index contributed by atoms with van der Waals surface area (Å²) in [5.74, 6) is 0.668. The highest BCUT2D eigenvalue weighted by Crippen LogP contribution is 2.21. The van der Waals surface area contributed by atoms with Gasteiger partial charge in [0.15, 0.2) is 0 Å². The average Bonchev–Trinajstić information content (AvgIpc) is 3.14. The van der Waals surface area contributed by atoms with Crippen LogP contribution in [-0.4, -0.2) is 48.2 Å². The van der Waals surface area contributed by atoms with E-state index in [-0.39, 0.29) is 17.1 Å². The summed E-state index contributed by atoms with van der Waals surface area (Å²) in [6, 6.07) is 5.53. The summed E-state index contributed by atoms with van der Waals surface area (Å²) in [7, 11) is -3.60. The van der Waals surface area contributed by atoms with E-state index >= 15 is 0 Å². The Morgan fingerprint density at radius 3 is 2.77 bits per heavy atom. The first kappa shape index (κ1) is 19.4.